The van der Waals surface area contributed by atoms with Crippen LogP contribution in [0.15, 0.2) is 34.3 Å². The minimum absolute atomic E-state index is 0.0418. The van der Waals surface area contributed by atoms with Crippen molar-refractivity contribution in [2.24, 2.45) is 11.1 Å². The average molecular weight is 249 g/mol. The number of likely N-dealkylation sites (tertiary alicyclic amines) is 1. The molecule has 1 aliphatic heterocycles. The molecule has 0 bridgehead atoms. The summed E-state index contributed by atoms with van der Waals surface area (Å²) in [6.07, 6.45) is 2.62. The minimum Gasteiger partial charge on any atom is -0.411 e. The van der Waals surface area contributed by atoms with Gasteiger partial charge >= 0.3 is 0 Å². The summed E-state index contributed by atoms with van der Waals surface area (Å²) >= 11 is 0. The molecule has 0 aliphatic carbocycles. The maximum Gasteiger partial charge on any atom is 0.250 e. The number of rotatable bonds is 3. The Bertz CT molecular complexity index is 481. The predicted octanol–water partition coefficient (Wildman–Crippen LogP) is 1.02. The SMILES string of the molecule is CC1CN(CCn2ccccc2=O)CC/C1=N\O. The van der Waals surface area contributed by atoms with Crippen LogP contribution in [-0.4, -0.2) is 40.0 Å². The fourth-order valence-corrected chi connectivity index (χ4v) is 2.35. The Morgan fingerprint density at radius 1 is 1.44 bits per heavy atom. The molecule has 1 aliphatic rings. The van der Waals surface area contributed by atoms with Gasteiger partial charge in [0, 0.05) is 50.8 Å². The van der Waals surface area contributed by atoms with Crippen molar-refractivity contribution < 1.29 is 5.21 Å². The van der Waals surface area contributed by atoms with Crippen molar-refractivity contribution in [2.75, 3.05) is 19.6 Å². The van der Waals surface area contributed by atoms with Gasteiger partial charge in [0.05, 0.1) is 5.71 Å². The lowest BCUT2D eigenvalue weighted by Gasteiger charge is -2.31. The van der Waals surface area contributed by atoms with Crippen LogP contribution in [-0.2, 0) is 6.54 Å². The molecule has 5 heteroatoms. The number of hydrogen-bond acceptors (Lipinski definition) is 4. The summed E-state index contributed by atoms with van der Waals surface area (Å²) in [6, 6.07) is 5.21. The smallest absolute Gasteiger partial charge is 0.250 e. The van der Waals surface area contributed by atoms with Crippen LogP contribution >= 0.6 is 0 Å². The second-order valence-corrected chi connectivity index (χ2v) is 4.78. The zero-order valence-electron chi connectivity index (χ0n) is 10.6. The monoisotopic (exact) mass is 249 g/mol. The molecule has 1 N–H and O–H groups in total. The van der Waals surface area contributed by atoms with Crippen molar-refractivity contribution >= 4 is 5.71 Å². The zero-order chi connectivity index (χ0) is 13.0. The molecule has 98 valence electrons. The van der Waals surface area contributed by atoms with Crippen molar-refractivity contribution in [2.45, 2.75) is 19.9 Å². The average Bonchev–Trinajstić information content (AvgIpc) is 2.38. The van der Waals surface area contributed by atoms with Crippen LogP contribution < -0.4 is 5.56 Å². The van der Waals surface area contributed by atoms with E-state index in [-0.39, 0.29) is 11.5 Å². The maximum absolute atomic E-state index is 11.5. The summed E-state index contributed by atoms with van der Waals surface area (Å²) in [6.45, 7) is 5.41. The van der Waals surface area contributed by atoms with Crippen LogP contribution in [0.25, 0.3) is 0 Å². The first-order chi connectivity index (χ1) is 8.70. The van der Waals surface area contributed by atoms with Crippen molar-refractivity contribution in [1.29, 1.82) is 0 Å². The quantitative estimate of drug-likeness (QED) is 0.642. The van der Waals surface area contributed by atoms with E-state index in [0.29, 0.717) is 6.54 Å². The van der Waals surface area contributed by atoms with Gasteiger partial charge < -0.3 is 14.7 Å². The molecule has 0 amide bonds. The molecule has 5 nitrogen and oxygen atoms in total. The first-order valence-electron chi connectivity index (χ1n) is 6.29. The summed E-state index contributed by atoms with van der Waals surface area (Å²) in [4.78, 5) is 13.9. The second kappa shape index (κ2) is 5.82. The fourth-order valence-electron chi connectivity index (χ4n) is 2.35. The van der Waals surface area contributed by atoms with Gasteiger partial charge in [-0.3, -0.25) is 4.79 Å². The fraction of sp³-hybridized carbons (Fsp3) is 0.538. The van der Waals surface area contributed by atoms with Crippen LogP contribution in [0.1, 0.15) is 13.3 Å². The molecule has 1 aromatic heterocycles. The Hall–Kier alpha value is -1.62. The Labute approximate surface area is 106 Å². The van der Waals surface area contributed by atoms with E-state index in [1.165, 1.54) is 0 Å². The number of piperidine rings is 1. The van der Waals surface area contributed by atoms with Gasteiger partial charge in [-0.1, -0.05) is 18.1 Å². The van der Waals surface area contributed by atoms with E-state index in [9.17, 15) is 4.79 Å². The van der Waals surface area contributed by atoms with Gasteiger partial charge in [0.15, 0.2) is 0 Å². The summed E-state index contributed by atoms with van der Waals surface area (Å²) in [5.74, 6) is 0.288. The van der Waals surface area contributed by atoms with Gasteiger partial charge in [0.2, 0.25) is 0 Å². The van der Waals surface area contributed by atoms with Gasteiger partial charge in [0.25, 0.3) is 5.56 Å². The number of hydrogen-bond donors (Lipinski definition) is 1. The Kier molecular flexibility index (Phi) is 4.15. The molecule has 18 heavy (non-hydrogen) atoms. The van der Waals surface area contributed by atoms with E-state index in [1.807, 2.05) is 12.3 Å². The van der Waals surface area contributed by atoms with Crippen LogP contribution in [0.4, 0.5) is 0 Å². The molecule has 1 saturated heterocycles. The topological polar surface area (TPSA) is 57.8 Å². The van der Waals surface area contributed by atoms with E-state index < -0.39 is 0 Å². The summed E-state index contributed by atoms with van der Waals surface area (Å²) < 4.78 is 1.72. The van der Waals surface area contributed by atoms with Gasteiger partial charge in [-0.15, -0.1) is 0 Å². The van der Waals surface area contributed by atoms with Crippen LogP contribution in [0.2, 0.25) is 0 Å². The number of oxime groups is 1. The third kappa shape index (κ3) is 2.98. The van der Waals surface area contributed by atoms with Crippen molar-refractivity contribution in [3.8, 4) is 0 Å². The summed E-state index contributed by atoms with van der Waals surface area (Å²) in [7, 11) is 0. The van der Waals surface area contributed by atoms with Gasteiger partial charge in [-0.2, -0.15) is 0 Å². The molecule has 2 heterocycles. The van der Waals surface area contributed by atoms with Crippen molar-refractivity contribution in [3.63, 3.8) is 0 Å². The van der Waals surface area contributed by atoms with E-state index in [0.717, 1.165) is 31.8 Å². The summed E-state index contributed by atoms with van der Waals surface area (Å²) in [5.41, 5.74) is 0.920. The molecule has 0 radical (unpaired) electrons. The number of pyridine rings is 1. The number of aromatic nitrogens is 1. The molecule has 1 unspecified atom stereocenters. The highest BCUT2D eigenvalue weighted by Gasteiger charge is 2.22. The standard InChI is InChI=1S/C13H19N3O2/c1-11-10-15(7-5-12(11)14-18)8-9-16-6-3-2-4-13(16)17/h2-4,6,11,18H,5,7-10H2,1H3/b14-12+. The summed E-state index contributed by atoms with van der Waals surface area (Å²) in [5, 5.41) is 12.1. The largest absolute Gasteiger partial charge is 0.411 e. The zero-order valence-corrected chi connectivity index (χ0v) is 10.6. The Morgan fingerprint density at radius 2 is 2.28 bits per heavy atom. The molecule has 2 rings (SSSR count). The van der Waals surface area contributed by atoms with Gasteiger partial charge in [-0.25, -0.2) is 0 Å². The lowest BCUT2D eigenvalue weighted by Crippen LogP contribution is -2.41. The second-order valence-electron chi connectivity index (χ2n) is 4.78. The van der Waals surface area contributed by atoms with E-state index >= 15 is 0 Å². The van der Waals surface area contributed by atoms with Crippen molar-refractivity contribution in [3.05, 3.63) is 34.7 Å². The van der Waals surface area contributed by atoms with Gasteiger partial charge in [0.1, 0.15) is 0 Å². The normalized spacial score (nSPS) is 23.4. The van der Waals surface area contributed by atoms with Gasteiger partial charge in [-0.05, 0) is 6.07 Å². The molecule has 1 atom stereocenters. The first-order valence-corrected chi connectivity index (χ1v) is 6.29. The third-order valence-electron chi connectivity index (χ3n) is 3.47. The highest BCUT2D eigenvalue weighted by atomic mass is 16.4. The predicted molar refractivity (Wildman–Crippen MR) is 70.1 cm³/mol. The molecule has 1 fully saturated rings. The molecule has 0 saturated carbocycles. The highest BCUT2D eigenvalue weighted by Crippen LogP contribution is 2.13. The lowest BCUT2D eigenvalue weighted by molar-refractivity contribution is 0.227. The third-order valence-corrected chi connectivity index (χ3v) is 3.47. The Morgan fingerprint density at radius 3 is 2.94 bits per heavy atom. The number of nitrogens with zero attached hydrogens (tertiary/aromatic N) is 3. The molecular formula is C13H19N3O2. The molecule has 0 aromatic carbocycles. The van der Waals surface area contributed by atoms with E-state index in [1.54, 1.807) is 16.7 Å². The molecule has 0 spiro atoms. The Balaban J connectivity index is 1.89. The van der Waals surface area contributed by atoms with E-state index in [2.05, 4.69) is 17.0 Å². The van der Waals surface area contributed by atoms with Crippen LogP contribution in [0, 0.1) is 5.92 Å². The lowest BCUT2D eigenvalue weighted by atomic mass is 9.98. The molecular weight excluding hydrogens is 230 g/mol. The first kappa shape index (κ1) is 12.8. The van der Waals surface area contributed by atoms with Crippen molar-refractivity contribution in [1.82, 2.24) is 9.47 Å². The van der Waals surface area contributed by atoms with Crippen LogP contribution in [0.3, 0.4) is 0 Å². The maximum atomic E-state index is 11.5. The van der Waals surface area contributed by atoms with Crippen LogP contribution in [0.5, 0.6) is 0 Å². The highest BCUT2D eigenvalue weighted by molar-refractivity contribution is 5.86. The molecule has 1 aromatic rings. The minimum atomic E-state index is 0.0418. The van der Waals surface area contributed by atoms with E-state index in [4.69, 9.17) is 5.21 Å².